The Morgan fingerprint density at radius 1 is 1.10 bits per heavy atom. The van der Waals surface area contributed by atoms with Crippen LogP contribution in [0.15, 0.2) is 41.7 Å². The van der Waals surface area contributed by atoms with Crippen molar-refractivity contribution in [2.24, 2.45) is 4.99 Å². The van der Waals surface area contributed by atoms with E-state index in [2.05, 4.69) is 15.0 Å². The topological polar surface area (TPSA) is 95.7 Å². The number of phenols is 1. The zero-order chi connectivity index (χ0) is 15.0. The summed E-state index contributed by atoms with van der Waals surface area (Å²) in [5.74, 6) is -1.32. The van der Waals surface area contributed by atoms with E-state index in [0.29, 0.717) is 11.0 Å². The molecule has 0 radical (unpaired) electrons. The molecule has 0 unspecified atom stereocenters. The van der Waals surface area contributed by atoms with E-state index in [9.17, 15) is 9.90 Å². The van der Waals surface area contributed by atoms with Crippen LogP contribution in [0, 0.1) is 0 Å². The molecule has 0 bridgehead atoms. The van der Waals surface area contributed by atoms with Crippen LogP contribution in [0.5, 0.6) is 5.75 Å². The number of aliphatic imine (C=N–C) groups is 1. The predicted molar refractivity (Wildman–Crippen MR) is 79.1 cm³/mol. The van der Waals surface area contributed by atoms with Gasteiger partial charge in [-0.3, -0.25) is 9.97 Å². The van der Waals surface area contributed by atoms with Crippen molar-refractivity contribution in [2.45, 2.75) is 6.92 Å². The van der Waals surface area contributed by atoms with Crippen molar-refractivity contribution in [3.05, 3.63) is 36.7 Å². The molecule has 2 heterocycles. The van der Waals surface area contributed by atoms with Crippen molar-refractivity contribution >= 4 is 39.2 Å². The Labute approximate surface area is 119 Å². The Bertz CT molecular complexity index is 903. The van der Waals surface area contributed by atoms with Gasteiger partial charge in [0.15, 0.2) is 5.75 Å². The summed E-state index contributed by atoms with van der Waals surface area (Å²) in [7, 11) is 0. The average Bonchev–Trinajstić information content (AvgIpc) is 2.51. The summed E-state index contributed by atoms with van der Waals surface area (Å²) in [5.41, 5.74) is 0.801. The Kier molecular flexibility index (Phi) is 2.98. The minimum absolute atomic E-state index is 0.122. The average molecular weight is 281 g/mol. The highest BCUT2D eigenvalue weighted by molar-refractivity contribution is 6.35. The fraction of sp³-hybridized carbons (Fsp3) is 0.0667. The van der Waals surface area contributed by atoms with Gasteiger partial charge in [0, 0.05) is 23.2 Å². The first-order chi connectivity index (χ1) is 10.1. The molecule has 0 saturated heterocycles. The first kappa shape index (κ1) is 13.0. The molecule has 2 aromatic heterocycles. The van der Waals surface area contributed by atoms with Crippen LogP contribution in [0.1, 0.15) is 6.92 Å². The van der Waals surface area contributed by atoms with Crippen LogP contribution in [0.2, 0.25) is 0 Å². The molecule has 104 valence electrons. The van der Waals surface area contributed by atoms with Crippen molar-refractivity contribution in [3.63, 3.8) is 0 Å². The van der Waals surface area contributed by atoms with Crippen molar-refractivity contribution in [3.8, 4) is 5.75 Å². The maximum absolute atomic E-state index is 11.0. The van der Waals surface area contributed by atoms with Gasteiger partial charge in [-0.05, 0) is 19.1 Å². The van der Waals surface area contributed by atoms with Gasteiger partial charge in [-0.1, -0.05) is 12.1 Å². The van der Waals surface area contributed by atoms with Crippen molar-refractivity contribution in [1.82, 2.24) is 9.97 Å². The molecule has 0 spiro atoms. The van der Waals surface area contributed by atoms with E-state index >= 15 is 0 Å². The summed E-state index contributed by atoms with van der Waals surface area (Å²) in [5, 5.41) is 20.8. The summed E-state index contributed by atoms with van der Waals surface area (Å²) < 4.78 is 0. The molecule has 3 rings (SSSR count). The molecule has 6 heteroatoms. The Morgan fingerprint density at radius 2 is 1.67 bits per heavy atom. The van der Waals surface area contributed by atoms with E-state index in [1.54, 1.807) is 24.5 Å². The predicted octanol–water partition coefficient (Wildman–Crippen LogP) is 2.67. The van der Waals surface area contributed by atoms with Crippen LogP contribution in [-0.4, -0.2) is 31.9 Å². The lowest BCUT2D eigenvalue weighted by molar-refractivity contribution is -0.129. The number of benzene rings is 1. The molecule has 6 nitrogen and oxygen atoms in total. The summed E-state index contributed by atoms with van der Waals surface area (Å²) in [6.45, 7) is 1.36. The number of phenolic OH excluding ortho intramolecular Hbond substituents is 1. The molecule has 1 aromatic carbocycles. The van der Waals surface area contributed by atoms with E-state index in [-0.39, 0.29) is 17.1 Å². The molecule has 2 N–H and O–H groups in total. The van der Waals surface area contributed by atoms with Crippen molar-refractivity contribution < 1.29 is 15.0 Å². The highest BCUT2D eigenvalue weighted by atomic mass is 16.4. The largest absolute Gasteiger partial charge is 0.504 e. The summed E-state index contributed by atoms with van der Waals surface area (Å²) in [4.78, 5) is 23.3. The number of rotatable bonds is 2. The number of hydrogen-bond acceptors (Lipinski definition) is 5. The number of carbonyl (C=O) groups is 1. The maximum Gasteiger partial charge on any atom is 0.349 e. The molecule has 0 saturated carbocycles. The van der Waals surface area contributed by atoms with E-state index in [1.165, 1.54) is 6.92 Å². The Hall–Kier alpha value is -3.02. The second kappa shape index (κ2) is 4.82. The Balaban J connectivity index is 2.49. The van der Waals surface area contributed by atoms with Crippen LogP contribution in [-0.2, 0) is 4.79 Å². The standard InChI is InChI=1S/C15H11N3O3/c1-8(15(20)21)18-13-11-9(4-2-6-16-11)10-5-3-7-17-12(10)14(13)19/h2-7,19H,1H3,(H,20,21). The highest BCUT2D eigenvalue weighted by Crippen LogP contribution is 2.40. The molecule has 0 atom stereocenters. The van der Waals surface area contributed by atoms with Gasteiger partial charge >= 0.3 is 5.97 Å². The smallest absolute Gasteiger partial charge is 0.349 e. The SMILES string of the molecule is CC(=Nc1c(O)c2ncccc2c2cccnc12)C(=O)O. The van der Waals surface area contributed by atoms with Crippen LogP contribution < -0.4 is 0 Å². The maximum atomic E-state index is 11.0. The van der Waals surface area contributed by atoms with Crippen molar-refractivity contribution in [1.29, 1.82) is 0 Å². The number of carboxylic acid groups (broad SMARTS) is 1. The second-order valence-corrected chi connectivity index (χ2v) is 4.50. The number of aromatic nitrogens is 2. The lowest BCUT2D eigenvalue weighted by Gasteiger charge is -2.09. The quantitative estimate of drug-likeness (QED) is 0.556. The monoisotopic (exact) mass is 281 g/mol. The van der Waals surface area contributed by atoms with Gasteiger partial charge in [0.25, 0.3) is 0 Å². The number of hydrogen-bond donors (Lipinski definition) is 2. The fourth-order valence-corrected chi connectivity index (χ4v) is 2.17. The lowest BCUT2D eigenvalue weighted by Crippen LogP contribution is -2.07. The molecule has 0 amide bonds. The van der Waals surface area contributed by atoms with Gasteiger partial charge < -0.3 is 10.2 Å². The molecule has 21 heavy (non-hydrogen) atoms. The number of carboxylic acids is 1. The van der Waals surface area contributed by atoms with Gasteiger partial charge in [0.1, 0.15) is 22.4 Å². The molecule has 0 aliphatic heterocycles. The van der Waals surface area contributed by atoms with Crippen LogP contribution in [0.3, 0.4) is 0 Å². The van der Waals surface area contributed by atoms with Crippen LogP contribution in [0.25, 0.3) is 21.8 Å². The first-order valence-electron chi connectivity index (χ1n) is 6.22. The van der Waals surface area contributed by atoms with Crippen LogP contribution >= 0.6 is 0 Å². The summed E-state index contributed by atoms with van der Waals surface area (Å²) >= 11 is 0. The minimum atomic E-state index is -1.15. The van der Waals surface area contributed by atoms with Gasteiger partial charge in [-0.25, -0.2) is 9.79 Å². The third-order valence-corrected chi connectivity index (χ3v) is 3.17. The van der Waals surface area contributed by atoms with Crippen LogP contribution in [0.4, 0.5) is 5.69 Å². The lowest BCUT2D eigenvalue weighted by atomic mass is 10.1. The Morgan fingerprint density at radius 3 is 2.29 bits per heavy atom. The molecule has 0 fully saturated rings. The van der Waals surface area contributed by atoms with Gasteiger partial charge in [-0.15, -0.1) is 0 Å². The minimum Gasteiger partial charge on any atom is -0.504 e. The third-order valence-electron chi connectivity index (χ3n) is 3.17. The van der Waals surface area contributed by atoms with Gasteiger partial charge in [0.2, 0.25) is 0 Å². The van der Waals surface area contributed by atoms with Gasteiger partial charge in [-0.2, -0.15) is 0 Å². The normalized spacial score (nSPS) is 12.0. The van der Waals surface area contributed by atoms with Gasteiger partial charge in [0.05, 0.1) is 0 Å². The molecule has 0 aliphatic carbocycles. The van der Waals surface area contributed by atoms with E-state index in [1.807, 2.05) is 12.1 Å². The summed E-state index contributed by atoms with van der Waals surface area (Å²) in [6.07, 6.45) is 3.13. The fourth-order valence-electron chi connectivity index (χ4n) is 2.17. The van der Waals surface area contributed by atoms with Crippen molar-refractivity contribution in [2.75, 3.05) is 0 Å². The highest BCUT2D eigenvalue weighted by Gasteiger charge is 2.16. The molecule has 0 aliphatic rings. The second-order valence-electron chi connectivity index (χ2n) is 4.50. The number of fused-ring (bicyclic) bond motifs is 3. The summed E-state index contributed by atoms with van der Waals surface area (Å²) in [6, 6.07) is 7.19. The first-order valence-corrected chi connectivity index (χ1v) is 6.22. The van der Waals surface area contributed by atoms with E-state index < -0.39 is 5.97 Å². The number of aliphatic carboxylic acids is 1. The zero-order valence-electron chi connectivity index (χ0n) is 11.1. The molecular weight excluding hydrogens is 270 g/mol. The number of nitrogens with zero attached hydrogens (tertiary/aromatic N) is 3. The third kappa shape index (κ3) is 2.06. The molecular formula is C15H11N3O3. The number of aromatic hydroxyl groups is 1. The zero-order valence-corrected chi connectivity index (χ0v) is 11.1. The molecule has 3 aromatic rings. The van der Waals surface area contributed by atoms with E-state index in [0.717, 1.165) is 10.8 Å². The van der Waals surface area contributed by atoms with E-state index in [4.69, 9.17) is 5.11 Å². The number of pyridine rings is 2.